The largest absolute Gasteiger partial charge is 0.443 e. The van der Waals surface area contributed by atoms with Crippen LogP contribution in [0.1, 0.15) is 34.1 Å². The second kappa shape index (κ2) is 2.86. The number of fused-ring (bicyclic) bond motifs is 1. The van der Waals surface area contributed by atoms with Gasteiger partial charge in [0.1, 0.15) is 5.60 Å². The lowest BCUT2D eigenvalue weighted by Crippen LogP contribution is -2.65. The summed E-state index contributed by atoms with van der Waals surface area (Å²) in [7, 11) is 0. The van der Waals surface area contributed by atoms with Gasteiger partial charge in [-0.05, 0) is 34.1 Å². The SMILES string of the molecule is C[C@@H]1[C@H]2CCN1N2C(=O)OC(C)(C)C. The molecule has 3 saturated heterocycles. The van der Waals surface area contributed by atoms with Gasteiger partial charge >= 0.3 is 6.09 Å². The molecular formula is C10H18N2O2. The van der Waals surface area contributed by atoms with E-state index in [-0.39, 0.29) is 6.09 Å². The van der Waals surface area contributed by atoms with Crippen LogP contribution in [0.15, 0.2) is 0 Å². The van der Waals surface area contributed by atoms with Crippen LogP contribution in [-0.4, -0.2) is 40.3 Å². The fraction of sp³-hybridized carbons (Fsp3) is 0.900. The molecule has 0 aliphatic carbocycles. The molecule has 0 spiro atoms. The Kier molecular flexibility index (Phi) is 2.00. The molecule has 0 N–H and O–H groups in total. The Morgan fingerprint density at radius 1 is 1.43 bits per heavy atom. The monoisotopic (exact) mass is 198 g/mol. The smallest absolute Gasteiger partial charge is 0.425 e. The van der Waals surface area contributed by atoms with Crippen LogP contribution in [0.4, 0.5) is 4.79 Å². The molecule has 0 aromatic heterocycles. The van der Waals surface area contributed by atoms with Gasteiger partial charge in [0, 0.05) is 12.6 Å². The zero-order valence-electron chi connectivity index (χ0n) is 9.28. The lowest BCUT2D eigenvalue weighted by Gasteiger charge is -2.48. The molecule has 1 unspecified atom stereocenters. The summed E-state index contributed by atoms with van der Waals surface area (Å²) >= 11 is 0. The number of carbonyl (C=O) groups is 1. The summed E-state index contributed by atoms with van der Waals surface area (Å²) in [6.07, 6.45) is 0.888. The molecule has 0 radical (unpaired) electrons. The minimum Gasteiger partial charge on any atom is -0.443 e. The summed E-state index contributed by atoms with van der Waals surface area (Å²) in [6.45, 7) is 8.83. The standard InChI is InChI=1S/C10H18N2O2/c1-7-8-5-6-11(7)12(8)9(13)14-10(2,3)4/h7-8H,5-6H2,1-4H3/t7-,8-/m1/s1. The van der Waals surface area contributed by atoms with Crippen LogP contribution in [-0.2, 0) is 4.74 Å². The van der Waals surface area contributed by atoms with Crippen LogP contribution in [0.5, 0.6) is 0 Å². The van der Waals surface area contributed by atoms with E-state index in [0.717, 1.165) is 13.0 Å². The van der Waals surface area contributed by atoms with Crippen LogP contribution in [0, 0.1) is 0 Å². The molecule has 14 heavy (non-hydrogen) atoms. The second-order valence-electron chi connectivity index (χ2n) is 5.08. The van der Waals surface area contributed by atoms with Crippen molar-refractivity contribution in [1.29, 1.82) is 0 Å². The molecule has 3 fully saturated rings. The summed E-state index contributed by atoms with van der Waals surface area (Å²) in [5, 5.41) is 3.84. The van der Waals surface area contributed by atoms with Crippen molar-refractivity contribution in [2.24, 2.45) is 0 Å². The van der Waals surface area contributed by atoms with Crippen molar-refractivity contribution in [2.45, 2.75) is 51.8 Å². The molecule has 3 heterocycles. The van der Waals surface area contributed by atoms with Crippen molar-refractivity contribution in [3.8, 4) is 0 Å². The van der Waals surface area contributed by atoms with Crippen molar-refractivity contribution < 1.29 is 9.53 Å². The third-order valence-electron chi connectivity index (χ3n) is 2.85. The molecule has 2 bridgehead atoms. The highest BCUT2D eigenvalue weighted by Crippen LogP contribution is 2.37. The molecule has 0 aromatic carbocycles. The van der Waals surface area contributed by atoms with Gasteiger partial charge in [0.05, 0.1) is 6.04 Å². The van der Waals surface area contributed by atoms with Gasteiger partial charge in [-0.25, -0.2) is 14.8 Å². The normalized spacial score (nSPS) is 35.4. The lowest BCUT2D eigenvalue weighted by atomic mass is 10.1. The van der Waals surface area contributed by atoms with E-state index >= 15 is 0 Å². The molecule has 3 aliphatic rings. The molecule has 4 nitrogen and oxygen atoms in total. The number of nitrogens with zero attached hydrogens (tertiary/aromatic N) is 2. The van der Waals surface area contributed by atoms with Gasteiger partial charge in [-0.2, -0.15) is 0 Å². The fourth-order valence-electron chi connectivity index (χ4n) is 2.21. The first-order chi connectivity index (χ1) is 6.40. The maximum absolute atomic E-state index is 11.7. The Labute approximate surface area is 84.8 Å². The predicted molar refractivity (Wildman–Crippen MR) is 52.6 cm³/mol. The van der Waals surface area contributed by atoms with Crippen LogP contribution in [0.2, 0.25) is 0 Å². The summed E-state index contributed by atoms with van der Waals surface area (Å²) in [6, 6.07) is 0.896. The van der Waals surface area contributed by atoms with E-state index in [0.29, 0.717) is 12.1 Å². The molecule has 3 rings (SSSR count). The third kappa shape index (κ3) is 1.38. The highest BCUT2D eigenvalue weighted by Gasteiger charge is 2.53. The summed E-state index contributed by atoms with van der Waals surface area (Å²) in [5.74, 6) is 0. The fourth-order valence-corrected chi connectivity index (χ4v) is 2.21. The zero-order chi connectivity index (χ0) is 10.5. The first-order valence-electron chi connectivity index (χ1n) is 5.19. The molecule has 3 aliphatic heterocycles. The second-order valence-corrected chi connectivity index (χ2v) is 5.08. The minimum absolute atomic E-state index is 0.196. The Bertz CT molecular complexity index is 247. The van der Waals surface area contributed by atoms with Gasteiger partial charge in [-0.1, -0.05) is 0 Å². The lowest BCUT2D eigenvalue weighted by molar-refractivity contribution is -0.135. The van der Waals surface area contributed by atoms with Crippen molar-refractivity contribution in [3.05, 3.63) is 0 Å². The number of hydrogen-bond donors (Lipinski definition) is 0. The summed E-state index contributed by atoms with van der Waals surface area (Å²) in [4.78, 5) is 11.7. The van der Waals surface area contributed by atoms with Gasteiger partial charge in [-0.3, -0.25) is 0 Å². The maximum atomic E-state index is 11.7. The van der Waals surface area contributed by atoms with E-state index in [9.17, 15) is 4.79 Å². The number of ether oxygens (including phenoxy) is 1. The Balaban J connectivity index is 1.96. The Hall–Kier alpha value is -0.770. The van der Waals surface area contributed by atoms with Crippen molar-refractivity contribution >= 4 is 6.09 Å². The summed E-state index contributed by atoms with van der Waals surface area (Å²) < 4.78 is 5.32. The maximum Gasteiger partial charge on any atom is 0.425 e. The van der Waals surface area contributed by atoms with E-state index in [4.69, 9.17) is 4.74 Å². The zero-order valence-corrected chi connectivity index (χ0v) is 9.28. The third-order valence-corrected chi connectivity index (χ3v) is 2.85. The Morgan fingerprint density at radius 3 is 2.43 bits per heavy atom. The van der Waals surface area contributed by atoms with Crippen LogP contribution >= 0.6 is 0 Å². The van der Waals surface area contributed by atoms with Crippen molar-refractivity contribution in [3.63, 3.8) is 0 Å². The van der Waals surface area contributed by atoms with Gasteiger partial charge in [0.15, 0.2) is 0 Å². The van der Waals surface area contributed by atoms with E-state index in [2.05, 4.69) is 11.9 Å². The molecule has 1 amide bonds. The van der Waals surface area contributed by atoms with Crippen LogP contribution in [0.3, 0.4) is 0 Å². The first kappa shape index (κ1) is 9.77. The van der Waals surface area contributed by atoms with E-state index in [1.54, 1.807) is 5.01 Å². The molecule has 0 aromatic rings. The predicted octanol–water partition coefficient (Wildman–Crippen LogP) is 1.61. The number of hydrogen-bond acceptors (Lipinski definition) is 3. The van der Waals surface area contributed by atoms with Crippen molar-refractivity contribution in [1.82, 2.24) is 10.0 Å². The molecule has 80 valence electrons. The average Bonchev–Trinajstić information content (AvgIpc) is 2.56. The highest BCUT2D eigenvalue weighted by molar-refractivity contribution is 5.69. The Morgan fingerprint density at radius 2 is 2.07 bits per heavy atom. The van der Waals surface area contributed by atoms with Gasteiger partial charge < -0.3 is 4.74 Å². The van der Waals surface area contributed by atoms with E-state index < -0.39 is 5.60 Å². The van der Waals surface area contributed by atoms with Gasteiger partial charge in [0.2, 0.25) is 0 Å². The van der Waals surface area contributed by atoms with Gasteiger partial charge in [-0.15, -0.1) is 0 Å². The van der Waals surface area contributed by atoms with Crippen LogP contribution in [0.25, 0.3) is 0 Å². The van der Waals surface area contributed by atoms with Gasteiger partial charge in [0.25, 0.3) is 0 Å². The number of hydrazine groups is 1. The number of carbonyl (C=O) groups excluding carboxylic acids is 1. The van der Waals surface area contributed by atoms with E-state index in [1.165, 1.54) is 0 Å². The summed E-state index contributed by atoms with van der Waals surface area (Å²) in [5.41, 5.74) is -0.392. The molecule has 3 atom stereocenters. The highest BCUT2D eigenvalue weighted by atomic mass is 16.6. The topological polar surface area (TPSA) is 32.8 Å². The first-order valence-corrected chi connectivity index (χ1v) is 5.19. The molecule has 0 saturated carbocycles. The number of rotatable bonds is 0. The van der Waals surface area contributed by atoms with Crippen LogP contribution < -0.4 is 0 Å². The molecule has 4 heteroatoms. The molecular weight excluding hydrogens is 180 g/mol. The van der Waals surface area contributed by atoms with E-state index in [1.807, 2.05) is 20.8 Å². The quantitative estimate of drug-likeness (QED) is 0.593. The number of amides is 1. The minimum atomic E-state index is -0.392. The average molecular weight is 198 g/mol. The van der Waals surface area contributed by atoms with Crippen molar-refractivity contribution in [2.75, 3.05) is 6.54 Å².